The molecular weight excluding hydrogens is 448 g/mol. The highest BCUT2D eigenvalue weighted by Crippen LogP contribution is 2.07. The quantitative estimate of drug-likeness (QED) is 0.101. The maximum Gasteiger partial charge on any atom is 0.326 e. The van der Waals surface area contributed by atoms with Crippen LogP contribution in [0.1, 0.15) is 58.8 Å². The van der Waals surface area contributed by atoms with Crippen LogP contribution in [0.25, 0.3) is 0 Å². The molecule has 0 heterocycles. The maximum absolute atomic E-state index is 12.8. The highest BCUT2D eigenvalue weighted by molar-refractivity contribution is 5.95. The van der Waals surface area contributed by atoms with Crippen LogP contribution in [0.2, 0.25) is 0 Å². The van der Waals surface area contributed by atoms with Crippen LogP contribution in [0.15, 0.2) is 0 Å². The van der Waals surface area contributed by atoms with E-state index in [9.17, 15) is 34.2 Å². The van der Waals surface area contributed by atoms with Crippen molar-refractivity contribution in [3.8, 4) is 0 Å². The van der Waals surface area contributed by atoms with Gasteiger partial charge in [0.1, 0.15) is 18.1 Å². The number of unbranched alkanes of at least 4 members (excludes halogenated alkanes) is 2. The second kappa shape index (κ2) is 16.8. The van der Waals surface area contributed by atoms with Crippen LogP contribution < -0.4 is 33.2 Å². The molecule has 4 unspecified atom stereocenters. The van der Waals surface area contributed by atoms with Crippen molar-refractivity contribution in [2.45, 2.75) is 83.0 Å². The maximum atomic E-state index is 12.8. The van der Waals surface area contributed by atoms with E-state index in [0.29, 0.717) is 45.2 Å². The van der Waals surface area contributed by atoms with Crippen LogP contribution >= 0.6 is 0 Å². The van der Waals surface area contributed by atoms with Crippen molar-refractivity contribution >= 4 is 29.7 Å². The van der Waals surface area contributed by atoms with Crippen molar-refractivity contribution in [1.29, 1.82) is 0 Å². The zero-order valence-corrected chi connectivity index (χ0v) is 19.9. The SMILES string of the molecule is CC(C)C(NC(=O)C(N)CCCCN)C(=O)NC(CC(=O)O)C(=O)NC(CCCCN)C(=O)O. The summed E-state index contributed by atoms with van der Waals surface area (Å²) in [7, 11) is 0. The standard InChI is InChI=1S/C21H40N6O7/c1-12(2)17(27-18(30)13(24)7-3-5-9-22)20(32)26-15(11-16(28)29)19(31)25-14(21(33)34)8-4-6-10-23/h12-15,17H,3-11,22-24H2,1-2H3,(H,25,31)(H,26,32)(H,27,30)(H,28,29)(H,33,34). The number of carboxylic acid groups (broad SMARTS) is 2. The first-order valence-corrected chi connectivity index (χ1v) is 11.5. The van der Waals surface area contributed by atoms with Crippen molar-refractivity contribution in [3.05, 3.63) is 0 Å². The lowest BCUT2D eigenvalue weighted by Gasteiger charge is -2.26. The van der Waals surface area contributed by atoms with Crippen molar-refractivity contribution in [2.75, 3.05) is 13.1 Å². The molecule has 11 N–H and O–H groups in total. The Morgan fingerprint density at radius 3 is 1.74 bits per heavy atom. The molecule has 0 saturated heterocycles. The van der Waals surface area contributed by atoms with Crippen LogP contribution in [0.4, 0.5) is 0 Å². The Morgan fingerprint density at radius 2 is 1.26 bits per heavy atom. The van der Waals surface area contributed by atoms with Gasteiger partial charge in [0.15, 0.2) is 0 Å². The molecule has 0 spiro atoms. The minimum Gasteiger partial charge on any atom is -0.481 e. The summed E-state index contributed by atoms with van der Waals surface area (Å²) >= 11 is 0. The van der Waals surface area contributed by atoms with Gasteiger partial charge >= 0.3 is 11.9 Å². The molecule has 196 valence electrons. The summed E-state index contributed by atoms with van der Waals surface area (Å²) in [5.74, 6) is -5.37. The van der Waals surface area contributed by atoms with Crippen LogP contribution in [0.3, 0.4) is 0 Å². The molecule has 4 atom stereocenters. The second-order valence-corrected chi connectivity index (χ2v) is 8.46. The van der Waals surface area contributed by atoms with Gasteiger partial charge in [-0.15, -0.1) is 0 Å². The summed E-state index contributed by atoms with van der Waals surface area (Å²) in [6.07, 6.45) is 2.03. The van der Waals surface area contributed by atoms with E-state index < -0.39 is 66.2 Å². The van der Waals surface area contributed by atoms with E-state index in [1.165, 1.54) is 0 Å². The lowest BCUT2D eigenvalue weighted by Crippen LogP contribution is -2.58. The number of amides is 3. The topological polar surface area (TPSA) is 240 Å². The molecule has 13 nitrogen and oxygen atoms in total. The van der Waals surface area contributed by atoms with Gasteiger partial charge in [-0.1, -0.05) is 20.3 Å². The van der Waals surface area contributed by atoms with E-state index in [1.54, 1.807) is 13.8 Å². The third-order valence-corrected chi connectivity index (χ3v) is 5.13. The molecule has 34 heavy (non-hydrogen) atoms. The summed E-state index contributed by atoms with van der Waals surface area (Å²) in [5.41, 5.74) is 16.7. The molecule has 0 radical (unpaired) electrons. The number of carbonyl (C=O) groups excluding carboxylic acids is 3. The van der Waals surface area contributed by atoms with E-state index in [4.69, 9.17) is 17.2 Å². The number of hydrogen-bond acceptors (Lipinski definition) is 8. The highest BCUT2D eigenvalue weighted by atomic mass is 16.4. The number of hydrogen-bond donors (Lipinski definition) is 8. The monoisotopic (exact) mass is 488 g/mol. The first-order valence-electron chi connectivity index (χ1n) is 11.5. The Labute approximate surface area is 199 Å². The van der Waals surface area contributed by atoms with Gasteiger partial charge in [0.05, 0.1) is 12.5 Å². The largest absolute Gasteiger partial charge is 0.481 e. The van der Waals surface area contributed by atoms with E-state index in [2.05, 4.69) is 16.0 Å². The zero-order valence-electron chi connectivity index (χ0n) is 19.9. The van der Waals surface area contributed by atoms with Crippen LogP contribution in [-0.4, -0.2) is 77.1 Å². The fraction of sp³-hybridized carbons (Fsp3) is 0.762. The Bertz CT molecular complexity index is 689. The molecule has 0 fully saturated rings. The third-order valence-electron chi connectivity index (χ3n) is 5.13. The van der Waals surface area contributed by atoms with Gasteiger partial charge in [0.2, 0.25) is 17.7 Å². The Hall–Kier alpha value is -2.77. The lowest BCUT2D eigenvalue weighted by atomic mass is 10.0. The van der Waals surface area contributed by atoms with Crippen LogP contribution in [0, 0.1) is 5.92 Å². The molecule has 0 saturated carbocycles. The molecule has 0 aliphatic rings. The van der Waals surface area contributed by atoms with Crippen LogP contribution in [0.5, 0.6) is 0 Å². The molecule has 0 aromatic carbocycles. The lowest BCUT2D eigenvalue weighted by molar-refractivity contribution is -0.144. The van der Waals surface area contributed by atoms with Gasteiger partial charge in [-0.05, 0) is 51.1 Å². The predicted molar refractivity (Wildman–Crippen MR) is 124 cm³/mol. The fourth-order valence-electron chi connectivity index (χ4n) is 3.10. The van der Waals surface area contributed by atoms with Gasteiger partial charge in [0.25, 0.3) is 0 Å². The molecule has 0 rings (SSSR count). The van der Waals surface area contributed by atoms with Crippen molar-refractivity contribution in [3.63, 3.8) is 0 Å². The predicted octanol–water partition coefficient (Wildman–Crippen LogP) is -1.76. The minimum absolute atomic E-state index is 0.0960. The summed E-state index contributed by atoms with van der Waals surface area (Å²) in [5, 5.41) is 25.6. The molecule has 0 aliphatic carbocycles. The Balaban J connectivity index is 5.32. The highest BCUT2D eigenvalue weighted by Gasteiger charge is 2.32. The number of carboxylic acids is 2. The van der Waals surface area contributed by atoms with Gasteiger partial charge in [-0.3, -0.25) is 19.2 Å². The van der Waals surface area contributed by atoms with Crippen molar-refractivity contribution < 1.29 is 34.2 Å². The first kappa shape index (κ1) is 31.2. The third kappa shape index (κ3) is 12.5. The number of carbonyl (C=O) groups is 5. The summed E-state index contributed by atoms with van der Waals surface area (Å²) in [4.78, 5) is 60.6. The smallest absolute Gasteiger partial charge is 0.326 e. The Morgan fingerprint density at radius 1 is 0.735 bits per heavy atom. The second-order valence-electron chi connectivity index (χ2n) is 8.46. The Kier molecular flexibility index (Phi) is 15.4. The summed E-state index contributed by atoms with van der Waals surface area (Å²) < 4.78 is 0. The summed E-state index contributed by atoms with van der Waals surface area (Å²) in [6.45, 7) is 4.15. The van der Waals surface area contributed by atoms with Gasteiger partial charge < -0.3 is 43.4 Å². The molecule has 0 aromatic heterocycles. The van der Waals surface area contributed by atoms with Crippen molar-refractivity contribution in [2.24, 2.45) is 23.1 Å². The number of rotatable bonds is 18. The fourth-order valence-corrected chi connectivity index (χ4v) is 3.10. The molecule has 13 heteroatoms. The minimum atomic E-state index is -1.54. The number of nitrogens with two attached hydrogens (primary N) is 3. The van der Waals surface area contributed by atoms with Gasteiger partial charge in [-0.25, -0.2) is 4.79 Å². The van der Waals surface area contributed by atoms with Crippen molar-refractivity contribution in [1.82, 2.24) is 16.0 Å². The zero-order chi connectivity index (χ0) is 26.3. The molecule has 0 bridgehead atoms. The number of aliphatic carboxylic acids is 2. The van der Waals surface area contributed by atoms with E-state index in [1.807, 2.05) is 0 Å². The molecule has 0 aliphatic heterocycles. The molecule has 0 aromatic rings. The summed E-state index contributed by atoms with van der Waals surface area (Å²) in [6, 6.07) is -4.75. The molecular formula is C21H40N6O7. The van der Waals surface area contributed by atoms with E-state index in [0.717, 1.165) is 0 Å². The van der Waals surface area contributed by atoms with Gasteiger partial charge in [-0.2, -0.15) is 0 Å². The number of nitrogens with one attached hydrogen (secondary N) is 3. The van der Waals surface area contributed by atoms with Gasteiger partial charge in [0, 0.05) is 0 Å². The van der Waals surface area contributed by atoms with E-state index in [-0.39, 0.29) is 6.42 Å². The molecule has 3 amide bonds. The van der Waals surface area contributed by atoms with Crippen LogP contribution in [-0.2, 0) is 24.0 Å². The van der Waals surface area contributed by atoms with E-state index >= 15 is 0 Å². The average Bonchev–Trinajstić information content (AvgIpc) is 2.75. The average molecular weight is 489 g/mol. The normalized spacial score (nSPS) is 14.5. The first-order chi connectivity index (χ1) is 15.9.